The third-order valence-corrected chi connectivity index (χ3v) is 4.70. The van der Waals surface area contributed by atoms with Gasteiger partial charge in [-0.1, -0.05) is 31.2 Å². The van der Waals surface area contributed by atoms with E-state index in [4.69, 9.17) is 4.98 Å². The summed E-state index contributed by atoms with van der Waals surface area (Å²) in [6, 6.07) is 18.8. The van der Waals surface area contributed by atoms with Gasteiger partial charge in [-0.05, 0) is 37.1 Å². The van der Waals surface area contributed by atoms with Crippen LogP contribution in [0.5, 0.6) is 0 Å². The monoisotopic (exact) mass is 345 g/mol. The Morgan fingerprint density at radius 3 is 2.69 bits per heavy atom. The number of aromatic nitrogens is 3. The molecule has 3 heterocycles. The maximum atomic E-state index is 4.71. The van der Waals surface area contributed by atoms with Gasteiger partial charge in [-0.2, -0.15) is 0 Å². The molecule has 5 heteroatoms. The minimum atomic E-state index is 0.381. The number of hydrogen-bond donors (Lipinski definition) is 1. The predicted molar refractivity (Wildman–Crippen MR) is 105 cm³/mol. The molecule has 1 unspecified atom stereocenters. The van der Waals surface area contributed by atoms with Crippen molar-refractivity contribution in [1.82, 2.24) is 15.0 Å². The van der Waals surface area contributed by atoms with Gasteiger partial charge < -0.3 is 10.2 Å². The molecule has 1 N–H and O–H groups in total. The molecule has 0 aliphatic carbocycles. The van der Waals surface area contributed by atoms with E-state index in [1.165, 1.54) is 5.69 Å². The Morgan fingerprint density at radius 1 is 1.08 bits per heavy atom. The fourth-order valence-electron chi connectivity index (χ4n) is 3.32. The van der Waals surface area contributed by atoms with Crippen LogP contribution in [0.25, 0.3) is 11.5 Å². The zero-order valence-corrected chi connectivity index (χ0v) is 15.0. The molecule has 1 fully saturated rings. The molecule has 1 aliphatic rings. The lowest BCUT2D eigenvalue weighted by Crippen LogP contribution is -2.26. The molecule has 1 atom stereocenters. The molecule has 1 aromatic carbocycles. The Balaban J connectivity index is 1.51. The molecule has 0 saturated carbocycles. The van der Waals surface area contributed by atoms with Gasteiger partial charge in [0.05, 0.1) is 0 Å². The number of benzene rings is 1. The van der Waals surface area contributed by atoms with E-state index in [2.05, 4.69) is 63.5 Å². The van der Waals surface area contributed by atoms with Gasteiger partial charge in [0, 0.05) is 42.8 Å². The van der Waals surface area contributed by atoms with Crippen molar-refractivity contribution in [3.63, 3.8) is 0 Å². The Hall–Kier alpha value is -2.95. The summed E-state index contributed by atoms with van der Waals surface area (Å²) in [5.74, 6) is 1.57. The van der Waals surface area contributed by atoms with Crippen LogP contribution in [0.15, 0.2) is 60.8 Å². The highest BCUT2D eigenvalue weighted by Crippen LogP contribution is 2.23. The van der Waals surface area contributed by atoms with Gasteiger partial charge >= 0.3 is 0 Å². The molecule has 1 saturated heterocycles. The first-order valence-electron chi connectivity index (χ1n) is 9.17. The van der Waals surface area contributed by atoms with Crippen molar-refractivity contribution in [3.8, 4) is 11.5 Å². The highest BCUT2D eigenvalue weighted by Gasteiger charge is 2.23. The third kappa shape index (κ3) is 3.67. The Labute approximate surface area is 154 Å². The summed E-state index contributed by atoms with van der Waals surface area (Å²) in [5.41, 5.74) is 3.12. The van der Waals surface area contributed by atoms with Gasteiger partial charge in [-0.3, -0.25) is 4.98 Å². The molecule has 0 bridgehead atoms. The Morgan fingerprint density at radius 2 is 1.92 bits per heavy atom. The molecule has 132 valence electrons. The summed E-state index contributed by atoms with van der Waals surface area (Å²) >= 11 is 0. The number of nitrogens with zero attached hydrogens (tertiary/aromatic N) is 4. The SMILES string of the molecule is CCc1cc(NC2CCN(c3ccccc3)C2)nc(-c2ccccn2)n1. The number of hydrogen-bond acceptors (Lipinski definition) is 5. The van der Waals surface area contributed by atoms with E-state index >= 15 is 0 Å². The number of para-hydroxylation sites is 1. The predicted octanol–water partition coefficient (Wildman–Crippen LogP) is 3.79. The molecule has 2 aromatic heterocycles. The summed E-state index contributed by atoms with van der Waals surface area (Å²) in [6.45, 7) is 4.15. The van der Waals surface area contributed by atoms with Crippen molar-refractivity contribution in [1.29, 1.82) is 0 Å². The van der Waals surface area contributed by atoms with Crippen molar-refractivity contribution in [2.24, 2.45) is 0 Å². The van der Waals surface area contributed by atoms with E-state index in [0.29, 0.717) is 11.9 Å². The number of pyridine rings is 1. The minimum absolute atomic E-state index is 0.381. The second-order valence-electron chi connectivity index (χ2n) is 6.55. The zero-order chi connectivity index (χ0) is 17.8. The third-order valence-electron chi connectivity index (χ3n) is 4.70. The van der Waals surface area contributed by atoms with Crippen LogP contribution in [0.4, 0.5) is 11.5 Å². The second kappa shape index (κ2) is 7.52. The van der Waals surface area contributed by atoms with E-state index < -0.39 is 0 Å². The first-order chi connectivity index (χ1) is 12.8. The zero-order valence-electron chi connectivity index (χ0n) is 15.0. The molecule has 0 amide bonds. The fraction of sp³-hybridized carbons (Fsp3) is 0.286. The first kappa shape index (κ1) is 16.5. The van der Waals surface area contributed by atoms with Gasteiger partial charge in [-0.25, -0.2) is 9.97 Å². The standard InChI is InChI=1S/C21H23N5/c1-2-16-14-20(25-21(24-16)19-10-6-7-12-22-19)23-17-11-13-26(15-17)18-8-4-3-5-9-18/h3-10,12,14,17H,2,11,13,15H2,1H3,(H,23,24,25). The van der Waals surface area contributed by atoms with Crippen LogP contribution in [-0.2, 0) is 6.42 Å². The number of rotatable bonds is 5. The van der Waals surface area contributed by atoms with Gasteiger partial charge in [-0.15, -0.1) is 0 Å². The lowest BCUT2D eigenvalue weighted by atomic mass is 10.2. The summed E-state index contributed by atoms with van der Waals surface area (Å²) in [5, 5.41) is 3.60. The average Bonchev–Trinajstić information content (AvgIpc) is 3.17. The summed E-state index contributed by atoms with van der Waals surface area (Å²) < 4.78 is 0. The van der Waals surface area contributed by atoms with Crippen LogP contribution >= 0.6 is 0 Å². The quantitative estimate of drug-likeness (QED) is 0.762. The van der Waals surface area contributed by atoms with Crippen LogP contribution in [0.1, 0.15) is 19.0 Å². The lowest BCUT2D eigenvalue weighted by molar-refractivity contribution is 0.798. The summed E-state index contributed by atoms with van der Waals surface area (Å²) in [4.78, 5) is 16.1. The highest BCUT2D eigenvalue weighted by molar-refractivity contribution is 5.54. The molecular formula is C21H23N5. The van der Waals surface area contributed by atoms with E-state index in [-0.39, 0.29) is 0 Å². The molecule has 5 nitrogen and oxygen atoms in total. The molecule has 3 aromatic rings. The van der Waals surface area contributed by atoms with Gasteiger partial charge in [0.2, 0.25) is 0 Å². The fourth-order valence-corrected chi connectivity index (χ4v) is 3.32. The van der Waals surface area contributed by atoms with Crippen LogP contribution in [-0.4, -0.2) is 34.1 Å². The van der Waals surface area contributed by atoms with Gasteiger partial charge in [0.25, 0.3) is 0 Å². The van der Waals surface area contributed by atoms with E-state index in [9.17, 15) is 0 Å². The maximum Gasteiger partial charge on any atom is 0.180 e. The number of nitrogens with one attached hydrogen (secondary N) is 1. The molecular weight excluding hydrogens is 322 g/mol. The molecule has 1 aliphatic heterocycles. The van der Waals surface area contributed by atoms with Crippen LogP contribution in [0.3, 0.4) is 0 Å². The first-order valence-corrected chi connectivity index (χ1v) is 9.17. The van der Waals surface area contributed by atoms with Gasteiger partial charge in [0.1, 0.15) is 11.5 Å². The average molecular weight is 345 g/mol. The van der Waals surface area contributed by atoms with Gasteiger partial charge in [0.15, 0.2) is 5.82 Å². The van der Waals surface area contributed by atoms with Crippen molar-refractivity contribution >= 4 is 11.5 Å². The normalized spacial score (nSPS) is 16.7. The Kier molecular flexibility index (Phi) is 4.78. The van der Waals surface area contributed by atoms with E-state index in [1.54, 1.807) is 6.20 Å². The van der Waals surface area contributed by atoms with Crippen molar-refractivity contribution < 1.29 is 0 Å². The molecule has 0 radical (unpaired) electrons. The molecule has 0 spiro atoms. The second-order valence-corrected chi connectivity index (χ2v) is 6.55. The Bertz CT molecular complexity index is 851. The van der Waals surface area contributed by atoms with Crippen molar-refractivity contribution in [2.75, 3.05) is 23.3 Å². The number of anilines is 2. The van der Waals surface area contributed by atoms with E-state index in [1.807, 2.05) is 18.2 Å². The topological polar surface area (TPSA) is 53.9 Å². The summed E-state index contributed by atoms with van der Waals surface area (Å²) in [7, 11) is 0. The maximum absolute atomic E-state index is 4.71. The lowest BCUT2D eigenvalue weighted by Gasteiger charge is -2.19. The highest BCUT2D eigenvalue weighted by atomic mass is 15.2. The molecule has 26 heavy (non-hydrogen) atoms. The largest absolute Gasteiger partial charge is 0.369 e. The summed E-state index contributed by atoms with van der Waals surface area (Å²) in [6.07, 6.45) is 3.75. The van der Waals surface area contributed by atoms with Crippen LogP contribution in [0, 0.1) is 0 Å². The van der Waals surface area contributed by atoms with Crippen LogP contribution in [0.2, 0.25) is 0 Å². The van der Waals surface area contributed by atoms with E-state index in [0.717, 1.165) is 43.1 Å². The molecule has 4 rings (SSSR count). The van der Waals surface area contributed by atoms with Crippen molar-refractivity contribution in [2.45, 2.75) is 25.8 Å². The van der Waals surface area contributed by atoms with Crippen molar-refractivity contribution in [3.05, 3.63) is 66.5 Å². The van der Waals surface area contributed by atoms with Crippen LogP contribution < -0.4 is 10.2 Å². The minimum Gasteiger partial charge on any atom is -0.369 e. The smallest absolute Gasteiger partial charge is 0.180 e. The number of aryl methyl sites for hydroxylation is 1.